The van der Waals surface area contributed by atoms with Gasteiger partial charge >= 0.3 is 6.03 Å². The van der Waals surface area contributed by atoms with E-state index in [-0.39, 0.29) is 35.9 Å². The molecule has 7 heteroatoms. The molecule has 130 valence electrons. The van der Waals surface area contributed by atoms with E-state index in [1.54, 1.807) is 0 Å². The van der Waals surface area contributed by atoms with Crippen molar-refractivity contribution in [3.05, 3.63) is 0 Å². The molecule has 0 spiro atoms. The van der Waals surface area contributed by atoms with Crippen molar-refractivity contribution in [2.45, 2.75) is 62.9 Å². The molecule has 0 aromatic carbocycles. The lowest BCUT2D eigenvalue weighted by molar-refractivity contribution is -0.133. The van der Waals surface area contributed by atoms with Gasteiger partial charge in [0.15, 0.2) is 0 Å². The molecule has 7 nitrogen and oxygen atoms in total. The maximum atomic E-state index is 12.7. The van der Waals surface area contributed by atoms with Crippen molar-refractivity contribution in [2.75, 3.05) is 13.1 Å². The van der Waals surface area contributed by atoms with Crippen molar-refractivity contribution in [2.24, 2.45) is 11.8 Å². The zero-order valence-corrected chi connectivity index (χ0v) is 13.6. The van der Waals surface area contributed by atoms with E-state index >= 15 is 0 Å². The molecule has 2 aliphatic carbocycles. The van der Waals surface area contributed by atoms with Gasteiger partial charge in [0, 0.05) is 24.9 Å². The first-order chi connectivity index (χ1) is 11.6. The molecular weight excluding hydrogens is 312 g/mol. The van der Waals surface area contributed by atoms with Crippen molar-refractivity contribution in [1.29, 1.82) is 0 Å². The standard InChI is InChI=1S/C17H22N2O5/c20-15(9-1-3-11-13(7-9)23-11)18-5-6-19(17(18)22)16(21)10-2-4-12-14(8-10)24-12/h9-14H,1-8H2/t9-,10+,11-,12+,13+,14-. The Morgan fingerprint density at radius 1 is 0.750 bits per heavy atom. The van der Waals surface area contributed by atoms with Crippen LogP contribution in [0.2, 0.25) is 0 Å². The number of fused-ring (bicyclic) bond motifs is 2. The summed E-state index contributed by atoms with van der Waals surface area (Å²) < 4.78 is 10.9. The Morgan fingerprint density at radius 3 is 1.62 bits per heavy atom. The number of ether oxygens (including phenoxy) is 2. The van der Waals surface area contributed by atoms with E-state index in [0.29, 0.717) is 38.1 Å². The van der Waals surface area contributed by atoms with Crippen molar-refractivity contribution in [3.8, 4) is 0 Å². The van der Waals surface area contributed by atoms with E-state index in [1.807, 2.05) is 0 Å². The average molecular weight is 334 g/mol. The van der Waals surface area contributed by atoms with Crippen LogP contribution < -0.4 is 0 Å². The highest BCUT2D eigenvalue weighted by atomic mass is 16.6. The molecule has 0 radical (unpaired) electrons. The van der Waals surface area contributed by atoms with Gasteiger partial charge < -0.3 is 9.47 Å². The van der Waals surface area contributed by atoms with Crippen LogP contribution in [0.1, 0.15) is 38.5 Å². The van der Waals surface area contributed by atoms with Crippen molar-refractivity contribution < 1.29 is 23.9 Å². The summed E-state index contributed by atoms with van der Waals surface area (Å²) in [5, 5.41) is 0. The van der Waals surface area contributed by atoms with Crippen LogP contribution in [-0.4, -0.2) is 65.2 Å². The molecule has 3 heterocycles. The van der Waals surface area contributed by atoms with Gasteiger partial charge in [-0.3, -0.25) is 19.4 Å². The van der Waals surface area contributed by atoms with Crippen LogP contribution in [0.3, 0.4) is 0 Å². The summed E-state index contributed by atoms with van der Waals surface area (Å²) in [6.07, 6.45) is 5.86. The summed E-state index contributed by atoms with van der Waals surface area (Å²) in [6, 6.07) is -0.428. The normalized spacial score (nSPS) is 43.2. The Balaban J connectivity index is 1.22. The first kappa shape index (κ1) is 14.8. The summed E-state index contributed by atoms with van der Waals surface area (Å²) in [7, 11) is 0. The van der Waals surface area contributed by atoms with Gasteiger partial charge in [0.25, 0.3) is 0 Å². The van der Waals surface area contributed by atoms with Crippen LogP contribution in [0.5, 0.6) is 0 Å². The number of nitrogens with zero attached hydrogens (tertiary/aromatic N) is 2. The topological polar surface area (TPSA) is 82.8 Å². The highest BCUT2D eigenvalue weighted by molar-refractivity contribution is 6.04. The van der Waals surface area contributed by atoms with E-state index in [1.165, 1.54) is 9.80 Å². The maximum absolute atomic E-state index is 12.7. The highest BCUT2D eigenvalue weighted by Gasteiger charge is 2.50. The number of urea groups is 1. The summed E-state index contributed by atoms with van der Waals surface area (Å²) in [5.41, 5.74) is 0. The second-order valence-corrected chi connectivity index (χ2v) is 7.71. The Bertz CT molecular complexity index is 558. The zero-order valence-electron chi connectivity index (χ0n) is 13.6. The molecule has 0 bridgehead atoms. The third kappa shape index (κ3) is 2.37. The molecule has 5 fully saturated rings. The van der Waals surface area contributed by atoms with Gasteiger partial charge in [-0.05, 0) is 38.5 Å². The maximum Gasteiger partial charge on any atom is 0.333 e. The number of hydrogen-bond acceptors (Lipinski definition) is 5. The summed E-state index contributed by atoms with van der Waals surface area (Å²) in [4.78, 5) is 40.5. The van der Waals surface area contributed by atoms with Crippen LogP contribution in [0, 0.1) is 11.8 Å². The number of carbonyl (C=O) groups is 3. The van der Waals surface area contributed by atoms with E-state index in [4.69, 9.17) is 9.47 Å². The lowest BCUT2D eigenvalue weighted by Crippen LogP contribution is -2.44. The molecular formula is C17H22N2O5. The van der Waals surface area contributed by atoms with Gasteiger partial charge in [0.1, 0.15) is 0 Å². The van der Waals surface area contributed by atoms with Gasteiger partial charge in [-0.2, -0.15) is 0 Å². The first-order valence-electron chi connectivity index (χ1n) is 9.09. The molecule has 24 heavy (non-hydrogen) atoms. The monoisotopic (exact) mass is 334 g/mol. The molecule has 0 unspecified atom stereocenters. The SMILES string of the molecule is O=C([C@@H]1CC[C@H]2O[C@H]2C1)N1CCN(C(=O)[C@H]2CC[C@@H]3O[C@@H]3C2)C1=O. The smallest absolute Gasteiger partial charge is 0.333 e. The molecule has 4 amide bonds. The highest BCUT2D eigenvalue weighted by Crippen LogP contribution is 2.41. The molecule has 6 atom stereocenters. The predicted molar refractivity (Wildman–Crippen MR) is 80.8 cm³/mol. The number of epoxide rings is 2. The molecule has 0 N–H and O–H groups in total. The number of imide groups is 2. The second kappa shape index (κ2) is 5.26. The minimum Gasteiger partial charge on any atom is -0.370 e. The molecule has 2 saturated carbocycles. The average Bonchev–Trinajstić information content (AvgIpc) is 3.49. The molecule has 0 aromatic heterocycles. The summed E-state index contributed by atoms with van der Waals surface area (Å²) >= 11 is 0. The van der Waals surface area contributed by atoms with Gasteiger partial charge in [-0.15, -0.1) is 0 Å². The predicted octanol–water partition coefficient (Wildman–Crippen LogP) is 0.912. The fourth-order valence-electron chi connectivity index (χ4n) is 4.64. The fraction of sp³-hybridized carbons (Fsp3) is 0.824. The third-order valence-corrected chi connectivity index (χ3v) is 6.25. The van der Waals surface area contributed by atoms with Crippen molar-refractivity contribution in [1.82, 2.24) is 9.80 Å². The largest absolute Gasteiger partial charge is 0.370 e. The van der Waals surface area contributed by atoms with Crippen LogP contribution in [0.4, 0.5) is 4.79 Å². The Morgan fingerprint density at radius 2 is 1.21 bits per heavy atom. The van der Waals surface area contributed by atoms with Crippen LogP contribution in [0.15, 0.2) is 0 Å². The molecule has 3 aliphatic heterocycles. The number of hydrogen-bond donors (Lipinski definition) is 0. The van der Waals surface area contributed by atoms with Crippen LogP contribution in [0.25, 0.3) is 0 Å². The van der Waals surface area contributed by atoms with E-state index in [2.05, 4.69) is 0 Å². The number of rotatable bonds is 2. The fourth-order valence-corrected chi connectivity index (χ4v) is 4.64. The Kier molecular flexibility index (Phi) is 3.25. The van der Waals surface area contributed by atoms with Crippen LogP contribution in [-0.2, 0) is 19.1 Å². The number of carbonyl (C=O) groups excluding carboxylic acids is 3. The number of amides is 4. The van der Waals surface area contributed by atoms with E-state index in [9.17, 15) is 14.4 Å². The second-order valence-electron chi connectivity index (χ2n) is 7.71. The van der Waals surface area contributed by atoms with Gasteiger partial charge in [-0.25, -0.2) is 4.79 Å². The van der Waals surface area contributed by atoms with E-state index < -0.39 is 6.03 Å². The Labute approximate surface area is 140 Å². The van der Waals surface area contributed by atoms with Crippen molar-refractivity contribution in [3.63, 3.8) is 0 Å². The van der Waals surface area contributed by atoms with Crippen LogP contribution >= 0.6 is 0 Å². The first-order valence-corrected chi connectivity index (χ1v) is 9.09. The minimum absolute atomic E-state index is 0.126. The quantitative estimate of drug-likeness (QED) is 0.701. The zero-order chi connectivity index (χ0) is 16.4. The van der Waals surface area contributed by atoms with E-state index in [0.717, 1.165) is 25.7 Å². The Hall–Kier alpha value is -1.47. The molecule has 0 aromatic rings. The summed E-state index contributed by atoms with van der Waals surface area (Å²) in [5.74, 6) is -0.525. The van der Waals surface area contributed by atoms with Gasteiger partial charge in [0.05, 0.1) is 24.4 Å². The lowest BCUT2D eigenvalue weighted by Gasteiger charge is -2.25. The molecule has 5 aliphatic rings. The molecule has 3 saturated heterocycles. The summed E-state index contributed by atoms with van der Waals surface area (Å²) in [6.45, 7) is 0.647. The van der Waals surface area contributed by atoms with Gasteiger partial charge in [0.2, 0.25) is 11.8 Å². The molecule has 5 rings (SSSR count). The van der Waals surface area contributed by atoms with Gasteiger partial charge in [-0.1, -0.05) is 0 Å². The third-order valence-electron chi connectivity index (χ3n) is 6.25. The lowest BCUT2D eigenvalue weighted by atomic mass is 9.88. The van der Waals surface area contributed by atoms with Crippen molar-refractivity contribution >= 4 is 17.8 Å². The minimum atomic E-state index is -0.428.